The Balaban J connectivity index is 1.29. The van der Waals surface area contributed by atoms with Crippen LogP contribution in [0.5, 0.6) is 5.75 Å². The summed E-state index contributed by atoms with van der Waals surface area (Å²) in [5.74, 6) is 1.05. The number of nitrogens with two attached hydrogens (primary N) is 1. The molecule has 12 nitrogen and oxygen atoms in total. The maximum absolute atomic E-state index is 13.0. The normalized spacial score (nSPS) is 14.1. The van der Waals surface area contributed by atoms with Crippen molar-refractivity contribution in [2.75, 3.05) is 5.73 Å². The zero-order valence-electron chi connectivity index (χ0n) is 22.0. The van der Waals surface area contributed by atoms with Gasteiger partial charge in [0.15, 0.2) is 23.6 Å². The van der Waals surface area contributed by atoms with Crippen molar-refractivity contribution in [1.82, 2.24) is 39.8 Å². The molecule has 0 aliphatic heterocycles. The number of pyridine rings is 2. The first-order valence-corrected chi connectivity index (χ1v) is 13.2. The Morgan fingerprint density at radius 1 is 1.07 bits per heavy atom. The molecule has 0 bridgehead atoms. The minimum absolute atomic E-state index is 0.0670. The summed E-state index contributed by atoms with van der Waals surface area (Å²) in [6.45, 7) is 0. The number of rotatable bonds is 6. The van der Waals surface area contributed by atoms with Crippen LogP contribution in [0.1, 0.15) is 44.3 Å². The van der Waals surface area contributed by atoms with Crippen LogP contribution >= 0.6 is 0 Å². The molecule has 1 atom stereocenters. The number of carbonyl (C=O) groups is 2. The predicted molar refractivity (Wildman–Crippen MR) is 153 cm³/mol. The number of carbonyl (C=O) groups excluding carboxylic acids is 2. The number of nitrogens with one attached hydrogen (secondary N) is 1. The number of phenols is 1. The number of aromatic nitrogens is 7. The number of amides is 1. The fourth-order valence-electron chi connectivity index (χ4n) is 5.36. The number of benzene rings is 2. The van der Waals surface area contributed by atoms with E-state index in [2.05, 4.69) is 26.7 Å². The monoisotopic (exact) mass is 557 g/mol. The molecule has 12 heteroatoms. The summed E-state index contributed by atoms with van der Waals surface area (Å²) in [4.78, 5) is 38.2. The van der Waals surface area contributed by atoms with Gasteiger partial charge in [0.05, 0.1) is 29.6 Å². The predicted octanol–water partition coefficient (Wildman–Crippen LogP) is 3.58. The number of imidazole rings is 1. The molecular formula is C30H23N9O3. The van der Waals surface area contributed by atoms with Crippen LogP contribution in [0.3, 0.4) is 0 Å². The summed E-state index contributed by atoms with van der Waals surface area (Å²) in [7, 11) is 0. The van der Waals surface area contributed by atoms with Crippen molar-refractivity contribution in [1.29, 1.82) is 0 Å². The average molecular weight is 558 g/mol. The first kappa shape index (κ1) is 25.1. The highest BCUT2D eigenvalue weighted by atomic mass is 16.3. The Morgan fingerprint density at radius 2 is 1.98 bits per heavy atom. The van der Waals surface area contributed by atoms with Crippen LogP contribution in [0.15, 0.2) is 79.3 Å². The maximum Gasteiger partial charge on any atom is 0.251 e. The lowest BCUT2D eigenvalue weighted by molar-refractivity contribution is 0.0936. The smallest absolute Gasteiger partial charge is 0.251 e. The Labute approximate surface area is 238 Å². The van der Waals surface area contributed by atoms with Gasteiger partial charge in [-0.25, -0.2) is 19.6 Å². The van der Waals surface area contributed by atoms with Crippen molar-refractivity contribution in [3.8, 4) is 28.6 Å². The van der Waals surface area contributed by atoms with E-state index in [1.165, 1.54) is 18.2 Å². The van der Waals surface area contributed by atoms with Gasteiger partial charge in [-0.05, 0) is 78.6 Å². The molecule has 206 valence electrons. The topological polar surface area (TPSA) is 167 Å². The van der Waals surface area contributed by atoms with Crippen molar-refractivity contribution in [3.05, 3.63) is 102 Å². The van der Waals surface area contributed by atoms with Crippen LogP contribution in [0.4, 0.5) is 5.82 Å². The summed E-state index contributed by atoms with van der Waals surface area (Å²) in [6, 6.07) is 17.4. The zero-order chi connectivity index (χ0) is 28.8. The molecule has 0 spiro atoms. The number of fused-ring (bicyclic) bond motifs is 2. The summed E-state index contributed by atoms with van der Waals surface area (Å²) in [6.07, 6.45) is 6.92. The Morgan fingerprint density at radius 3 is 2.79 bits per heavy atom. The number of hydrogen-bond donors (Lipinski definition) is 3. The lowest BCUT2D eigenvalue weighted by atomic mass is 10.1. The van der Waals surface area contributed by atoms with Crippen molar-refractivity contribution in [2.24, 2.45) is 0 Å². The van der Waals surface area contributed by atoms with E-state index in [0.29, 0.717) is 52.5 Å². The number of hydrogen-bond acceptors (Lipinski definition) is 9. The van der Waals surface area contributed by atoms with Gasteiger partial charge >= 0.3 is 0 Å². The third-order valence-electron chi connectivity index (χ3n) is 7.41. The highest BCUT2D eigenvalue weighted by molar-refractivity contribution is 5.96. The maximum atomic E-state index is 13.0. The molecule has 0 fully saturated rings. The van der Waals surface area contributed by atoms with Crippen LogP contribution in [0, 0.1) is 0 Å². The van der Waals surface area contributed by atoms with Crippen LogP contribution in [-0.2, 0) is 6.42 Å². The van der Waals surface area contributed by atoms with Gasteiger partial charge in [-0.3, -0.25) is 14.2 Å². The first-order valence-electron chi connectivity index (χ1n) is 13.2. The first-order chi connectivity index (χ1) is 20.5. The number of aromatic hydroxyl groups is 1. The minimum atomic E-state index is -0.320. The van der Waals surface area contributed by atoms with Crippen LogP contribution < -0.4 is 11.1 Å². The van der Waals surface area contributed by atoms with Crippen molar-refractivity contribution in [2.45, 2.75) is 18.9 Å². The molecule has 4 aromatic heterocycles. The molecule has 0 unspecified atom stereocenters. The van der Waals surface area contributed by atoms with Gasteiger partial charge in [0, 0.05) is 17.4 Å². The van der Waals surface area contributed by atoms with Gasteiger partial charge in [-0.15, -0.1) is 5.10 Å². The molecule has 1 aliphatic rings. The third-order valence-corrected chi connectivity index (χ3v) is 7.41. The Kier molecular flexibility index (Phi) is 5.93. The van der Waals surface area contributed by atoms with Gasteiger partial charge in [0.2, 0.25) is 0 Å². The molecule has 2 aromatic carbocycles. The van der Waals surface area contributed by atoms with Gasteiger partial charge in [-0.1, -0.05) is 11.3 Å². The Hall–Kier alpha value is -5.91. The number of nitrogens with zero attached hydrogens (tertiary/aromatic N) is 7. The third kappa shape index (κ3) is 4.22. The van der Waals surface area contributed by atoms with Crippen molar-refractivity contribution in [3.63, 3.8) is 0 Å². The molecule has 7 rings (SSSR count). The fraction of sp³-hybridized carbons (Fsp3) is 0.100. The number of phenolic OH excluding ortho intramolecular Hbond substituents is 1. The van der Waals surface area contributed by atoms with E-state index in [0.717, 1.165) is 23.2 Å². The number of aldehydes is 1. The molecule has 1 amide bonds. The van der Waals surface area contributed by atoms with Crippen molar-refractivity contribution >= 4 is 29.2 Å². The second-order valence-corrected chi connectivity index (χ2v) is 9.91. The van der Waals surface area contributed by atoms with Gasteiger partial charge in [0.1, 0.15) is 17.1 Å². The van der Waals surface area contributed by atoms with Gasteiger partial charge < -0.3 is 16.2 Å². The lowest BCUT2D eigenvalue weighted by Gasteiger charge is -2.16. The molecule has 4 heterocycles. The SMILES string of the molecule is Nc1ncccc1-c1nc2ccc(-n3ccnn3)nc2n1-c1ccc2c(c1)CC[C@@H]2NC(=O)c1ccc(O)c(C=O)c1. The van der Waals surface area contributed by atoms with Crippen molar-refractivity contribution < 1.29 is 14.7 Å². The summed E-state index contributed by atoms with van der Waals surface area (Å²) < 4.78 is 3.53. The second-order valence-electron chi connectivity index (χ2n) is 9.91. The minimum Gasteiger partial charge on any atom is -0.507 e. The van der Waals surface area contributed by atoms with E-state index in [9.17, 15) is 14.7 Å². The van der Waals surface area contributed by atoms with Gasteiger partial charge in [-0.2, -0.15) is 0 Å². The number of aryl methyl sites for hydroxylation is 1. The van der Waals surface area contributed by atoms with Crippen LogP contribution in [0.2, 0.25) is 0 Å². The highest BCUT2D eigenvalue weighted by Gasteiger charge is 2.26. The highest BCUT2D eigenvalue weighted by Crippen LogP contribution is 2.36. The van der Waals surface area contributed by atoms with E-state index in [4.69, 9.17) is 15.7 Å². The number of anilines is 1. The molecular weight excluding hydrogens is 534 g/mol. The van der Waals surface area contributed by atoms with E-state index in [-0.39, 0.29) is 23.3 Å². The molecule has 0 saturated heterocycles. The van der Waals surface area contributed by atoms with Gasteiger partial charge in [0.25, 0.3) is 5.91 Å². The molecule has 0 radical (unpaired) electrons. The quantitative estimate of drug-likeness (QED) is 0.259. The Bertz CT molecular complexity index is 2000. The second kappa shape index (κ2) is 9.93. The molecule has 6 aromatic rings. The van der Waals surface area contributed by atoms with E-state index >= 15 is 0 Å². The van der Waals surface area contributed by atoms with E-state index in [1.54, 1.807) is 23.3 Å². The molecule has 1 aliphatic carbocycles. The summed E-state index contributed by atoms with van der Waals surface area (Å²) in [5.41, 5.74) is 11.5. The average Bonchev–Trinajstić information content (AvgIpc) is 3.76. The van der Waals surface area contributed by atoms with Crippen LogP contribution in [-0.4, -0.2) is 51.8 Å². The summed E-state index contributed by atoms with van der Waals surface area (Å²) in [5, 5.41) is 20.8. The standard InChI is InChI=1S/C30H23N9O3/c31-27-22(2-1-11-32-27)28-34-24-8-10-26(38-13-12-33-37-38)36-29(24)39(28)20-5-6-21-17(15-20)3-7-23(21)35-30(42)18-4-9-25(41)19(14-18)16-40/h1-2,4-6,8-16,23,41H,3,7H2,(H2,31,32)(H,35,42)/t23-/m0/s1. The summed E-state index contributed by atoms with van der Waals surface area (Å²) >= 11 is 0. The lowest BCUT2D eigenvalue weighted by Crippen LogP contribution is -2.27. The largest absolute Gasteiger partial charge is 0.507 e. The molecule has 4 N–H and O–H groups in total. The fourth-order valence-corrected chi connectivity index (χ4v) is 5.36. The van der Waals surface area contributed by atoms with E-state index in [1.807, 2.05) is 41.0 Å². The number of nitrogen functional groups attached to an aromatic ring is 1. The molecule has 42 heavy (non-hydrogen) atoms. The zero-order valence-corrected chi connectivity index (χ0v) is 22.0. The molecule has 0 saturated carbocycles. The van der Waals surface area contributed by atoms with Crippen LogP contribution in [0.25, 0.3) is 34.1 Å². The van der Waals surface area contributed by atoms with E-state index < -0.39 is 0 Å².